The zero-order chi connectivity index (χ0) is 34.5. The predicted molar refractivity (Wildman–Crippen MR) is 200 cm³/mol. The molecule has 1 fully saturated rings. The number of imide groups is 1. The number of phenols is 1. The number of carbonyl (C=O) groups is 2. The van der Waals surface area contributed by atoms with E-state index >= 15 is 0 Å². The molecule has 0 spiro atoms. The second-order valence-electron chi connectivity index (χ2n) is 9.58. The van der Waals surface area contributed by atoms with Crippen molar-refractivity contribution in [3.05, 3.63) is 83.0 Å². The van der Waals surface area contributed by atoms with Crippen molar-refractivity contribution in [3.8, 4) is 5.75 Å². The van der Waals surface area contributed by atoms with Crippen LogP contribution in [0, 0.1) is 0 Å². The van der Waals surface area contributed by atoms with Crippen LogP contribution in [-0.2, 0) is 9.59 Å². The van der Waals surface area contributed by atoms with Gasteiger partial charge in [0.15, 0.2) is 17.0 Å². The zero-order valence-corrected chi connectivity index (χ0v) is 31.3. The first-order valence-corrected chi connectivity index (χ1v) is 18.2. The number of rotatable bonds is 5. The van der Waals surface area contributed by atoms with Crippen molar-refractivity contribution in [1.29, 1.82) is 0 Å². The second-order valence-corrected chi connectivity index (χ2v) is 13.8. The summed E-state index contributed by atoms with van der Waals surface area (Å²) in [6, 6.07) is 20.6. The number of hydrogen-bond donors (Lipinski definition) is 1. The lowest BCUT2D eigenvalue weighted by Crippen LogP contribution is -2.30. The molecule has 13 heteroatoms. The number of benzene rings is 3. The van der Waals surface area contributed by atoms with Crippen LogP contribution in [0.15, 0.2) is 95.8 Å². The van der Waals surface area contributed by atoms with Crippen molar-refractivity contribution in [1.82, 2.24) is 0 Å². The number of unbranched alkanes of at least 4 members (excludes halogenated alkanes) is 1. The van der Waals surface area contributed by atoms with Gasteiger partial charge in [-0.05, 0) is 48.5 Å². The quantitative estimate of drug-likeness (QED) is 0.126. The van der Waals surface area contributed by atoms with E-state index in [1.165, 1.54) is 25.0 Å². The van der Waals surface area contributed by atoms with Crippen molar-refractivity contribution in [2.75, 3.05) is 11.9 Å². The van der Waals surface area contributed by atoms with Gasteiger partial charge in [0.2, 0.25) is 17.2 Å². The number of para-hydroxylation sites is 2. The molecule has 0 bridgehead atoms. The molecule has 246 valence electrons. The van der Waals surface area contributed by atoms with Gasteiger partial charge in [0.25, 0.3) is 0 Å². The molecule has 1 aliphatic rings. The standard InChI is InChI=1S/C13H8O2.C10H10NO3P.C4H10N3P3.C4H10.C2H6/c14-13-9-5-1-3-7-11(9)15-12-8-4-2-6-10(12)13;12-7-3-1-6(2-4-7)11-9(13)5-8(15)10(11)14;1-4(2)8-6-10-7-9-5-3;1-3-4-2;1-2/h1-8H;1-4,8,12H,5,15H2;4H,1-3H3;3-4H2,1-2H3;1-2H3. The van der Waals surface area contributed by atoms with E-state index in [-0.39, 0.29) is 35.1 Å². The van der Waals surface area contributed by atoms with Crippen molar-refractivity contribution >= 4 is 74.1 Å². The van der Waals surface area contributed by atoms with E-state index in [0.29, 0.717) is 33.3 Å². The Hall–Kier alpha value is -3.20. The lowest BCUT2D eigenvalue weighted by Gasteiger charge is -2.13. The third-order valence-corrected chi connectivity index (χ3v) is 8.30. The average molecular weight is 701 g/mol. The van der Waals surface area contributed by atoms with Gasteiger partial charge in [0, 0.05) is 27.5 Å². The van der Waals surface area contributed by atoms with Gasteiger partial charge >= 0.3 is 0 Å². The summed E-state index contributed by atoms with van der Waals surface area (Å²) in [5, 5.41) is 10.4. The van der Waals surface area contributed by atoms with E-state index in [9.17, 15) is 14.4 Å². The third kappa shape index (κ3) is 13.7. The summed E-state index contributed by atoms with van der Waals surface area (Å²) in [4.78, 5) is 36.3. The molecule has 2 unspecified atom stereocenters. The molecule has 0 radical (unpaired) electrons. The van der Waals surface area contributed by atoms with Crippen LogP contribution in [0.5, 0.6) is 5.75 Å². The van der Waals surface area contributed by atoms with E-state index in [4.69, 9.17) is 9.52 Å². The summed E-state index contributed by atoms with van der Waals surface area (Å²) in [5.41, 5.74) is 2.10. The van der Waals surface area contributed by atoms with Crippen molar-refractivity contribution in [2.45, 2.75) is 72.1 Å². The maximum absolute atomic E-state index is 12.0. The summed E-state index contributed by atoms with van der Waals surface area (Å²) in [6.07, 6.45) is 2.87. The van der Waals surface area contributed by atoms with Gasteiger partial charge in [-0.2, -0.15) is 9.03 Å². The van der Waals surface area contributed by atoms with E-state index in [2.05, 4.69) is 50.7 Å². The fraction of sp³-hybridized carbons (Fsp3) is 0.364. The molecule has 1 aromatic heterocycles. The van der Waals surface area contributed by atoms with Gasteiger partial charge in [-0.15, -0.1) is 9.24 Å². The van der Waals surface area contributed by atoms with Crippen LogP contribution in [0.1, 0.15) is 60.8 Å². The molecule has 1 aliphatic heterocycles. The molecule has 9 nitrogen and oxygen atoms in total. The maximum Gasteiger partial charge on any atom is 0.241 e. The number of fused-ring (bicyclic) bond motifs is 2. The molecule has 3 aromatic carbocycles. The minimum absolute atomic E-state index is 0.0347. The van der Waals surface area contributed by atoms with Gasteiger partial charge in [-0.3, -0.25) is 19.3 Å². The molecule has 4 aromatic rings. The lowest BCUT2D eigenvalue weighted by molar-refractivity contribution is -0.121. The molecule has 2 atom stereocenters. The monoisotopic (exact) mass is 700 g/mol. The number of amides is 2. The largest absolute Gasteiger partial charge is 0.508 e. The van der Waals surface area contributed by atoms with Gasteiger partial charge < -0.3 is 9.52 Å². The molecule has 5 rings (SSSR count). The molecule has 0 aliphatic carbocycles. The molecular weight excluding hydrogens is 656 g/mol. The van der Waals surface area contributed by atoms with Crippen LogP contribution >= 0.6 is 34.7 Å². The number of nitrogens with zero attached hydrogens (tertiary/aromatic N) is 4. The molecular formula is C33H44N4O5P4. The number of phenolic OH excluding ortho intramolecular Hbond substituents is 1. The Labute approximate surface area is 279 Å². The van der Waals surface area contributed by atoms with E-state index < -0.39 is 0 Å². The first kappa shape index (κ1) is 40.8. The summed E-state index contributed by atoms with van der Waals surface area (Å²) in [6.45, 7) is 12.6. The first-order chi connectivity index (χ1) is 22.1. The zero-order valence-electron chi connectivity index (χ0n) is 27.5. The number of hydrogen-bond acceptors (Lipinski definition) is 6. The molecule has 2 amide bonds. The highest BCUT2D eigenvalue weighted by atomic mass is 31.1. The Morgan fingerprint density at radius 2 is 1.39 bits per heavy atom. The minimum atomic E-state index is -0.327. The van der Waals surface area contributed by atoms with Crippen LogP contribution in [0.2, 0.25) is 0 Å². The first-order valence-electron chi connectivity index (χ1n) is 15.0. The summed E-state index contributed by atoms with van der Waals surface area (Å²) in [5.74, 6) is -0.304. The van der Waals surface area contributed by atoms with Gasteiger partial charge in [0.1, 0.15) is 16.9 Å². The Kier molecular flexibility index (Phi) is 20.6. The second kappa shape index (κ2) is 23.2. The van der Waals surface area contributed by atoms with E-state index in [0.717, 1.165) is 30.3 Å². The average Bonchev–Trinajstić information content (AvgIpc) is 3.33. The maximum atomic E-state index is 12.0. The number of aromatic hydroxyl groups is 1. The van der Waals surface area contributed by atoms with Crippen LogP contribution < -0.4 is 10.3 Å². The van der Waals surface area contributed by atoms with Crippen LogP contribution in [-0.4, -0.2) is 35.3 Å². The SMILES string of the molecule is CC.CCCC.CN=PN=PN=PC(C)C.O=C1CC(P)C(=O)N1c1ccc(O)cc1.O=c1c2ccccc2oc2ccccc12. The van der Waals surface area contributed by atoms with Crippen molar-refractivity contribution < 1.29 is 19.1 Å². The smallest absolute Gasteiger partial charge is 0.241 e. The normalized spacial score (nSPS) is 14.1. The topological polar surface area (TPSA) is 125 Å². The molecule has 46 heavy (non-hydrogen) atoms. The molecule has 2 heterocycles. The lowest BCUT2D eigenvalue weighted by atomic mass is 10.1. The highest BCUT2D eigenvalue weighted by Gasteiger charge is 2.36. The predicted octanol–water partition coefficient (Wildman–Crippen LogP) is 10.9. The van der Waals surface area contributed by atoms with Crippen LogP contribution in [0.3, 0.4) is 0 Å². The van der Waals surface area contributed by atoms with E-state index in [1.807, 2.05) is 50.2 Å². The van der Waals surface area contributed by atoms with Crippen molar-refractivity contribution in [3.63, 3.8) is 0 Å². The highest BCUT2D eigenvalue weighted by molar-refractivity contribution is 7.43. The Balaban J connectivity index is 0.000000324. The Bertz CT molecular complexity index is 1600. The van der Waals surface area contributed by atoms with Crippen LogP contribution in [0.25, 0.3) is 21.9 Å². The van der Waals surface area contributed by atoms with Crippen molar-refractivity contribution in [2.24, 2.45) is 13.8 Å². The molecule has 0 saturated carbocycles. The van der Waals surface area contributed by atoms with Gasteiger partial charge in [-0.1, -0.05) is 78.6 Å². The summed E-state index contributed by atoms with van der Waals surface area (Å²) in [7, 11) is 6.79. The van der Waals surface area contributed by atoms with Crippen LogP contribution in [0.4, 0.5) is 5.69 Å². The Morgan fingerprint density at radius 3 is 1.83 bits per heavy atom. The summed E-state index contributed by atoms with van der Waals surface area (Å²) >= 11 is 0. The number of anilines is 1. The fourth-order valence-corrected chi connectivity index (χ4v) is 5.77. The fourth-order valence-electron chi connectivity index (χ4n) is 3.48. The number of carbonyl (C=O) groups excluding carboxylic acids is 2. The Morgan fingerprint density at radius 1 is 0.870 bits per heavy atom. The third-order valence-electron chi connectivity index (χ3n) is 5.76. The highest BCUT2D eigenvalue weighted by Crippen LogP contribution is 2.27. The molecule has 1 N–H and O–H groups in total. The minimum Gasteiger partial charge on any atom is -0.508 e. The molecule has 1 saturated heterocycles. The van der Waals surface area contributed by atoms with Gasteiger partial charge in [-0.25, -0.2) is 4.74 Å². The van der Waals surface area contributed by atoms with E-state index in [1.54, 1.807) is 31.3 Å². The summed E-state index contributed by atoms with van der Waals surface area (Å²) < 4.78 is 17.5. The van der Waals surface area contributed by atoms with Gasteiger partial charge in [0.05, 0.1) is 22.1 Å².